The van der Waals surface area contributed by atoms with Crippen molar-refractivity contribution in [3.8, 4) is 0 Å². The maximum Gasteiger partial charge on any atom is 0.305 e. The first kappa shape index (κ1) is 19.0. The Balaban J connectivity index is 2.32. The molecule has 0 aliphatic carbocycles. The van der Waals surface area contributed by atoms with Crippen LogP contribution in [0.5, 0.6) is 0 Å². The van der Waals surface area contributed by atoms with Gasteiger partial charge in [0.05, 0.1) is 17.4 Å². The second-order valence-corrected chi connectivity index (χ2v) is 7.87. The van der Waals surface area contributed by atoms with Gasteiger partial charge in [-0.1, -0.05) is 35.9 Å². The Morgan fingerprint density at radius 3 is 2.44 bits per heavy atom. The van der Waals surface area contributed by atoms with Gasteiger partial charge < -0.3 is 10.4 Å². The zero-order valence-electron chi connectivity index (χ0n) is 13.3. The fourth-order valence-electron chi connectivity index (χ4n) is 2.28. The summed E-state index contributed by atoms with van der Waals surface area (Å²) in [6.07, 6.45) is 0.683. The number of hydrogen-bond acceptors (Lipinski definition) is 4. The Morgan fingerprint density at radius 1 is 1.16 bits per heavy atom. The average Bonchev–Trinajstić information content (AvgIpc) is 2.53. The zero-order valence-corrected chi connectivity index (χ0v) is 14.8. The zero-order chi connectivity index (χ0) is 18.6. The number of hydrogen-bond donors (Lipinski definition) is 2. The molecule has 1 atom stereocenters. The molecule has 6 nitrogen and oxygen atoms in total. The quantitative estimate of drug-likeness (QED) is 0.801. The van der Waals surface area contributed by atoms with Crippen LogP contribution in [0.15, 0.2) is 53.4 Å². The number of amides is 1. The van der Waals surface area contributed by atoms with Crippen molar-refractivity contribution in [1.82, 2.24) is 5.32 Å². The summed E-state index contributed by atoms with van der Waals surface area (Å²) in [5.41, 5.74) is 0.588. The Kier molecular flexibility index (Phi) is 5.81. The first-order chi connectivity index (χ1) is 11.7. The molecule has 2 N–H and O–H groups in total. The lowest BCUT2D eigenvalue weighted by Gasteiger charge is -2.19. The largest absolute Gasteiger partial charge is 0.481 e. The molecule has 0 spiro atoms. The van der Waals surface area contributed by atoms with Crippen molar-refractivity contribution in [3.05, 3.63) is 64.7 Å². The number of carboxylic acid groups (broad SMARTS) is 1. The van der Waals surface area contributed by atoms with E-state index in [1.54, 1.807) is 24.3 Å². The number of benzene rings is 2. The van der Waals surface area contributed by atoms with E-state index in [0.29, 0.717) is 10.6 Å². The molecule has 132 valence electrons. The topological polar surface area (TPSA) is 101 Å². The van der Waals surface area contributed by atoms with Gasteiger partial charge in [-0.3, -0.25) is 9.59 Å². The highest BCUT2D eigenvalue weighted by molar-refractivity contribution is 7.90. The molecule has 0 aliphatic heterocycles. The third kappa shape index (κ3) is 5.04. The average molecular weight is 382 g/mol. The summed E-state index contributed by atoms with van der Waals surface area (Å²) in [4.78, 5) is 23.6. The first-order valence-electron chi connectivity index (χ1n) is 7.25. The molecule has 0 saturated heterocycles. The molecule has 2 aromatic carbocycles. The molecule has 0 fully saturated rings. The van der Waals surface area contributed by atoms with Crippen LogP contribution in [0.2, 0.25) is 5.02 Å². The van der Waals surface area contributed by atoms with Gasteiger partial charge in [0, 0.05) is 16.8 Å². The second-order valence-electron chi connectivity index (χ2n) is 5.45. The minimum atomic E-state index is -3.46. The third-order valence-corrected chi connectivity index (χ3v) is 4.94. The van der Waals surface area contributed by atoms with Crippen LogP contribution >= 0.6 is 11.6 Å². The van der Waals surface area contributed by atoms with Gasteiger partial charge in [0.15, 0.2) is 9.84 Å². The van der Waals surface area contributed by atoms with Crippen molar-refractivity contribution in [3.63, 3.8) is 0 Å². The summed E-state index contributed by atoms with van der Waals surface area (Å²) in [5.74, 6) is -1.69. The fraction of sp³-hybridized carbons (Fsp3) is 0.176. The van der Waals surface area contributed by atoms with Crippen molar-refractivity contribution in [2.45, 2.75) is 17.4 Å². The molecule has 0 aliphatic rings. The van der Waals surface area contributed by atoms with Crippen LogP contribution in [-0.2, 0) is 14.6 Å². The number of carboxylic acids is 1. The van der Waals surface area contributed by atoms with E-state index in [1.807, 2.05) is 0 Å². The molecule has 1 amide bonds. The third-order valence-electron chi connectivity index (χ3n) is 3.49. The van der Waals surface area contributed by atoms with E-state index in [9.17, 15) is 18.0 Å². The van der Waals surface area contributed by atoms with Crippen molar-refractivity contribution < 1.29 is 23.1 Å². The molecule has 0 bridgehead atoms. The van der Waals surface area contributed by atoms with Crippen LogP contribution in [0.4, 0.5) is 0 Å². The highest BCUT2D eigenvalue weighted by Crippen LogP contribution is 2.25. The lowest BCUT2D eigenvalue weighted by Crippen LogP contribution is -2.30. The van der Waals surface area contributed by atoms with Crippen molar-refractivity contribution in [2.75, 3.05) is 6.26 Å². The van der Waals surface area contributed by atoms with Crippen molar-refractivity contribution in [1.29, 1.82) is 0 Å². The number of carbonyl (C=O) groups excluding carboxylic acids is 1. The Morgan fingerprint density at radius 2 is 1.84 bits per heavy atom. The molecule has 0 saturated carbocycles. The summed E-state index contributed by atoms with van der Waals surface area (Å²) in [6, 6.07) is 11.3. The maximum atomic E-state index is 12.5. The smallest absolute Gasteiger partial charge is 0.305 e. The van der Waals surface area contributed by atoms with Gasteiger partial charge >= 0.3 is 5.97 Å². The van der Waals surface area contributed by atoms with Crippen LogP contribution < -0.4 is 5.32 Å². The molecule has 2 aromatic rings. The molecule has 0 unspecified atom stereocenters. The molecule has 0 radical (unpaired) electrons. The Bertz CT molecular complexity index is 911. The van der Waals surface area contributed by atoms with Gasteiger partial charge in [-0.05, 0) is 29.8 Å². The van der Waals surface area contributed by atoms with E-state index in [-0.39, 0.29) is 16.9 Å². The first-order valence-corrected chi connectivity index (χ1v) is 9.52. The normalized spacial score (nSPS) is 12.4. The van der Waals surface area contributed by atoms with Gasteiger partial charge in [0.1, 0.15) is 0 Å². The van der Waals surface area contributed by atoms with Crippen LogP contribution in [0.25, 0.3) is 0 Å². The summed E-state index contributed by atoms with van der Waals surface area (Å²) < 4.78 is 23.2. The van der Waals surface area contributed by atoms with E-state index in [2.05, 4.69) is 5.32 Å². The predicted octanol–water partition coefficient (Wildman–Crippen LogP) is 2.69. The van der Waals surface area contributed by atoms with Gasteiger partial charge in [0.2, 0.25) is 0 Å². The number of aliphatic carboxylic acids is 1. The molecular weight excluding hydrogens is 366 g/mol. The Labute approximate surface area is 150 Å². The number of halogens is 1. The molecular formula is C17H16ClNO5S. The monoisotopic (exact) mass is 381 g/mol. The van der Waals surface area contributed by atoms with E-state index < -0.39 is 27.8 Å². The van der Waals surface area contributed by atoms with Crippen LogP contribution in [-0.4, -0.2) is 31.7 Å². The molecule has 0 aromatic heterocycles. The second kappa shape index (κ2) is 7.67. The maximum absolute atomic E-state index is 12.5. The van der Waals surface area contributed by atoms with Gasteiger partial charge in [-0.25, -0.2) is 8.42 Å². The van der Waals surface area contributed by atoms with Gasteiger partial charge in [-0.2, -0.15) is 0 Å². The number of nitrogens with one attached hydrogen (secondary N) is 1. The SMILES string of the molecule is CS(=O)(=O)c1cccc(C(=O)N[C@H](CC(=O)O)c2ccccc2Cl)c1. The van der Waals surface area contributed by atoms with Crippen LogP contribution in [0, 0.1) is 0 Å². The number of carbonyl (C=O) groups is 2. The standard InChI is InChI=1S/C17H16ClNO5S/c1-25(23,24)12-6-4-5-11(9-12)17(22)19-15(10-16(20)21)13-7-2-3-8-14(13)18/h2-9,15H,10H2,1H3,(H,19,22)(H,20,21)/t15-/m1/s1. The van der Waals surface area contributed by atoms with E-state index in [4.69, 9.17) is 16.7 Å². The predicted molar refractivity (Wildman–Crippen MR) is 93.5 cm³/mol. The van der Waals surface area contributed by atoms with Crippen molar-refractivity contribution >= 4 is 33.3 Å². The highest BCUT2D eigenvalue weighted by atomic mass is 35.5. The lowest BCUT2D eigenvalue weighted by molar-refractivity contribution is -0.137. The fourth-order valence-corrected chi connectivity index (χ4v) is 3.21. The van der Waals surface area contributed by atoms with Crippen molar-refractivity contribution in [2.24, 2.45) is 0 Å². The van der Waals surface area contributed by atoms with E-state index in [1.165, 1.54) is 24.3 Å². The van der Waals surface area contributed by atoms with E-state index in [0.717, 1.165) is 6.26 Å². The highest BCUT2D eigenvalue weighted by Gasteiger charge is 2.21. The Hall–Kier alpha value is -2.38. The number of rotatable bonds is 6. The van der Waals surface area contributed by atoms with Gasteiger partial charge in [-0.15, -0.1) is 0 Å². The summed E-state index contributed by atoms with van der Waals surface area (Å²) in [6.45, 7) is 0. The minimum Gasteiger partial charge on any atom is -0.481 e. The van der Waals surface area contributed by atoms with Gasteiger partial charge in [0.25, 0.3) is 5.91 Å². The van der Waals surface area contributed by atoms with Crippen LogP contribution in [0.3, 0.4) is 0 Å². The van der Waals surface area contributed by atoms with Crippen LogP contribution in [0.1, 0.15) is 28.4 Å². The number of sulfone groups is 1. The lowest BCUT2D eigenvalue weighted by atomic mass is 10.0. The molecule has 8 heteroatoms. The summed E-state index contributed by atoms with van der Waals surface area (Å²) in [7, 11) is -3.46. The molecule has 0 heterocycles. The molecule has 25 heavy (non-hydrogen) atoms. The molecule has 2 rings (SSSR count). The van der Waals surface area contributed by atoms with E-state index >= 15 is 0 Å². The summed E-state index contributed by atoms with van der Waals surface area (Å²) >= 11 is 6.09. The minimum absolute atomic E-state index is 0.00711. The summed E-state index contributed by atoms with van der Waals surface area (Å²) in [5, 5.41) is 12.0.